The van der Waals surface area contributed by atoms with E-state index in [1.165, 1.54) is 23.3 Å². The van der Waals surface area contributed by atoms with Crippen molar-refractivity contribution in [3.8, 4) is 0 Å². The lowest BCUT2D eigenvalue weighted by molar-refractivity contribution is -0.119. The summed E-state index contributed by atoms with van der Waals surface area (Å²) < 4.78 is 38.0. The standard InChI is InChI=1S/C21H27FN2O3S/c1-16(2)18-8-6-17(7-9-18)5-4-14-23-21(25)15-24(28(3,26)27)20-12-10-19(22)11-13-20/h6-13,16H,4-5,14-15H2,1-3H3,(H,23,25). The number of rotatable bonds is 9. The molecule has 152 valence electrons. The van der Waals surface area contributed by atoms with Gasteiger partial charge in [0.2, 0.25) is 15.9 Å². The number of anilines is 1. The van der Waals surface area contributed by atoms with Gasteiger partial charge in [0.25, 0.3) is 0 Å². The van der Waals surface area contributed by atoms with Crippen molar-refractivity contribution in [3.63, 3.8) is 0 Å². The quantitative estimate of drug-likeness (QED) is 0.649. The van der Waals surface area contributed by atoms with Crippen molar-refractivity contribution < 1.29 is 17.6 Å². The highest BCUT2D eigenvalue weighted by molar-refractivity contribution is 7.92. The van der Waals surface area contributed by atoms with Crippen LogP contribution in [0, 0.1) is 5.82 Å². The largest absolute Gasteiger partial charge is 0.355 e. The Morgan fingerprint density at radius 1 is 1.07 bits per heavy atom. The molecule has 0 fully saturated rings. The molecule has 0 aromatic heterocycles. The van der Waals surface area contributed by atoms with E-state index in [0.29, 0.717) is 12.5 Å². The number of halogens is 1. The summed E-state index contributed by atoms with van der Waals surface area (Å²) in [5.74, 6) is -0.375. The Kier molecular flexibility index (Phi) is 7.57. The maximum Gasteiger partial charge on any atom is 0.240 e. The third-order valence-corrected chi connectivity index (χ3v) is 5.55. The lowest BCUT2D eigenvalue weighted by Gasteiger charge is -2.21. The average molecular weight is 407 g/mol. The summed E-state index contributed by atoms with van der Waals surface area (Å²) >= 11 is 0. The molecule has 2 aromatic carbocycles. The highest BCUT2D eigenvalue weighted by Crippen LogP contribution is 2.18. The van der Waals surface area contributed by atoms with Crippen LogP contribution in [0.4, 0.5) is 10.1 Å². The average Bonchev–Trinajstić information content (AvgIpc) is 2.63. The van der Waals surface area contributed by atoms with Gasteiger partial charge in [0.15, 0.2) is 0 Å². The molecule has 0 aliphatic heterocycles. The fourth-order valence-corrected chi connectivity index (χ4v) is 3.64. The lowest BCUT2D eigenvalue weighted by atomic mass is 10.0. The third-order valence-electron chi connectivity index (χ3n) is 4.41. The summed E-state index contributed by atoms with van der Waals surface area (Å²) in [5, 5.41) is 2.75. The number of nitrogens with zero attached hydrogens (tertiary/aromatic N) is 1. The summed E-state index contributed by atoms with van der Waals surface area (Å²) in [6, 6.07) is 13.4. The van der Waals surface area contributed by atoms with E-state index < -0.39 is 21.7 Å². The first-order chi connectivity index (χ1) is 13.2. The molecule has 0 atom stereocenters. The number of carbonyl (C=O) groups excluding carboxylic acids is 1. The molecule has 7 heteroatoms. The molecule has 0 unspecified atom stereocenters. The fraction of sp³-hybridized carbons (Fsp3) is 0.381. The number of aryl methyl sites for hydroxylation is 1. The van der Waals surface area contributed by atoms with Gasteiger partial charge in [-0.15, -0.1) is 0 Å². The van der Waals surface area contributed by atoms with E-state index in [2.05, 4.69) is 43.4 Å². The van der Waals surface area contributed by atoms with Gasteiger partial charge in [-0.1, -0.05) is 38.1 Å². The monoisotopic (exact) mass is 406 g/mol. The minimum absolute atomic E-state index is 0.254. The van der Waals surface area contributed by atoms with E-state index in [4.69, 9.17) is 0 Å². The molecule has 2 aromatic rings. The highest BCUT2D eigenvalue weighted by atomic mass is 32.2. The number of amides is 1. The molecular weight excluding hydrogens is 379 g/mol. The third kappa shape index (κ3) is 6.64. The van der Waals surface area contributed by atoms with E-state index in [1.807, 2.05) is 0 Å². The van der Waals surface area contributed by atoms with Crippen molar-refractivity contribution in [1.29, 1.82) is 0 Å². The first-order valence-electron chi connectivity index (χ1n) is 9.25. The van der Waals surface area contributed by atoms with E-state index in [0.717, 1.165) is 35.5 Å². The van der Waals surface area contributed by atoms with Crippen LogP contribution in [0.3, 0.4) is 0 Å². The zero-order chi connectivity index (χ0) is 20.7. The van der Waals surface area contributed by atoms with Gasteiger partial charge in [0, 0.05) is 6.54 Å². The number of hydrogen-bond donors (Lipinski definition) is 1. The molecule has 0 radical (unpaired) electrons. The maximum atomic E-state index is 13.1. The predicted molar refractivity (Wildman–Crippen MR) is 110 cm³/mol. The van der Waals surface area contributed by atoms with Crippen LogP contribution >= 0.6 is 0 Å². The van der Waals surface area contributed by atoms with Crippen molar-refractivity contribution >= 4 is 21.6 Å². The van der Waals surface area contributed by atoms with E-state index in [1.54, 1.807) is 0 Å². The minimum atomic E-state index is -3.66. The molecule has 0 saturated carbocycles. The second kappa shape index (κ2) is 9.68. The Morgan fingerprint density at radius 2 is 1.68 bits per heavy atom. The van der Waals surface area contributed by atoms with Crippen LogP contribution in [0.1, 0.15) is 37.3 Å². The fourth-order valence-electron chi connectivity index (χ4n) is 2.78. The summed E-state index contributed by atoms with van der Waals surface area (Å²) in [5.41, 5.74) is 2.74. The summed E-state index contributed by atoms with van der Waals surface area (Å²) in [4.78, 5) is 12.2. The first-order valence-corrected chi connectivity index (χ1v) is 11.1. The van der Waals surface area contributed by atoms with Gasteiger partial charge in [-0.2, -0.15) is 0 Å². The van der Waals surface area contributed by atoms with Gasteiger partial charge in [-0.3, -0.25) is 9.10 Å². The van der Waals surface area contributed by atoms with Crippen molar-refractivity contribution in [1.82, 2.24) is 5.32 Å². The van der Waals surface area contributed by atoms with Crippen LogP contribution in [0.2, 0.25) is 0 Å². The zero-order valence-corrected chi connectivity index (χ0v) is 17.3. The van der Waals surface area contributed by atoms with Gasteiger partial charge in [0.1, 0.15) is 12.4 Å². The molecular formula is C21H27FN2O3S. The number of carbonyl (C=O) groups is 1. The Balaban J connectivity index is 1.85. The predicted octanol–water partition coefficient (Wildman–Crippen LogP) is 3.46. The number of benzene rings is 2. The van der Waals surface area contributed by atoms with Crippen LogP contribution in [0.15, 0.2) is 48.5 Å². The van der Waals surface area contributed by atoms with Gasteiger partial charge < -0.3 is 5.32 Å². The second-order valence-corrected chi connectivity index (χ2v) is 9.00. The Labute approximate surface area is 166 Å². The summed E-state index contributed by atoms with van der Waals surface area (Å²) in [6.45, 7) is 4.41. The molecule has 0 bridgehead atoms. The molecule has 1 amide bonds. The van der Waals surface area contributed by atoms with E-state index in [9.17, 15) is 17.6 Å². The Hall–Kier alpha value is -2.41. The SMILES string of the molecule is CC(C)c1ccc(CCCNC(=O)CN(c2ccc(F)cc2)S(C)(=O)=O)cc1. The smallest absolute Gasteiger partial charge is 0.240 e. The first kappa shape index (κ1) is 21.9. The normalized spacial score (nSPS) is 11.5. The molecule has 0 saturated heterocycles. The van der Waals surface area contributed by atoms with Crippen LogP contribution in [-0.2, 0) is 21.2 Å². The zero-order valence-electron chi connectivity index (χ0n) is 16.5. The van der Waals surface area contributed by atoms with Crippen LogP contribution in [-0.4, -0.2) is 33.7 Å². The van der Waals surface area contributed by atoms with E-state index in [-0.39, 0.29) is 12.2 Å². The molecule has 0 aliphatic rings. The Bertz CT molecular complexity index is 879. The van der Waals surface area contributed by atoms with Crippen molar-refractivity contribution in [2.45, 2.75) is 32.6 Å². The van der Waals surface area contributed by atoms with Gasteiger partial charge in [-0.05, 0) is 54.2 Å². The topological polar surface area (TPSA) is 66.5 Å². The molecule has 5 nitrogen and oxygen atoms in total. The molecule has 2 rings (SSSR count). The Morgan fingerprint density at radius 3 is 2.21 bits per heavy atom. The van der Waals surface area contributed by atoms with E-state index >= 15 is 0 Å². The van der Waals surface area contributed by atoms with Gasteiger partial charge >= 0.3 is 0 Å². The van der Waals surface area contributed by atoms with Crippen LogP contribution in [0.5, 0.6) is 0 Å². The second-order valence-electron chi connectivity index (χ2n) is 7.10. The summed E-state index contributed by atoms with van der Waals surface area (Å²) in [7, 11) is -3.66. The molecule has 1 N–H and O–H groups in total. The highest BCUT2D eigenvalue weighted by Gasteiger charge is 2.20. The summed E-state index contributed by atoms with van der Waals surface area (Å²) in [6.07, 6.45) is 2.60. The van der Waals surface area contributed by atoms with Crippen molar-refractivity contribution in [2.24, 2.45) is 0 Å². The maximum absolute atomic E-state index is 13.1. The number of hydrogen-bond acceptors (Lipinski definition) is 3. The van der Waals surface area contributed by atoms with Gasteiger partial charge in [0.05, 0.1) is 11.9 Å². The molecule has 0 aliphatic carbocycles. The molecule has 0 heterocycles. The minimum Gasteiger partial charge on any atom is -0.355 e. The van der Waals surface area contributed by atoms with Crippen LogP contribution in [0.25, 0.3) is 0 Å². The number of sulfonamides is 1. The van der Waals surface area contributed by atoms with Gasteiger partial charge in [-0.25, -0.2) is 12.8 Å². The molecule has 0 spiro atoms. The number of nitrogens with one attached hydrogen (secondary N) is 1. The lowest BCUT2D eigenvalue weighted by Crippen LogP contribution is -2.40. The van der Waals surface area contributed by atoms with Crippen LogP contribution < -0.4 is 9.62 Å². The van der Waals surface area contributed by atoms with Crippen molar-refractivity contribution in [3.05, 3.63) is 65.5 Å². The van der Waals surface area contributed by atoms with Crippen molar-refractivity contribution in [2.75, 3.05) is 23.7 Å². The molecule has 28 heavy (non-hydrogen) atoms.